The Morgan fingerprint density at radius 1 is 0.842 bits per heavy atom. The Bertz CT molecular complexity index is 640. The van der Waals surface area contributed by atoms with Crippen molar-refractivity contribution >= 4 is 21.5 Å². The monoisotopic (exact) mass is 260 g/mol. The quantitative estimate of drug-likeness (QED) is 0.480. The smallest absolute Gasteiger partial charge is 0.852 e. The van der Waals surface area contributed by atoms with Gasteiger partial charge in [-0.15, -0.1) is 6.61 Å². The Balaban J connectivity index is 0.00000133. The van der Waals surface area contributed by atoms with E-state index < -0.39 is 0 Å². The average molecular weight is 260 g/mol. The van der Waals surface area contributed by atoms with E-state index in [-0.39, 0.29) is 42.8 Å². The molecule has 0 N–H and O–H groups in total. The second-order valence-electron chi connectivity index (χ2n) is 4.20. The molecule has 0 aliphatic heterocycles. The third-order valence-electron chi connectivity index (χ3n) is 3.05. The van der Waals surface area contributed by atoms with Crippen molar-refractivity contribution in [1.29, 1.82) is 0 Å². The van der Waals surface area contributed by atoms with Gasteiger partial charge >= 0.3 is 29.6 Å². The van der Waals surface area contributed by atoms with Gasteiger partial charge in [-0.25, -0.2) is 0 Å². The summed E-state index contributed by atoms with van der Waals surface area (Å²) in [7, 11) is 0. The summed E-state index contributed by atoms with van der Waals surface area (Å²) in [5.41, 5.74) is 0. The first-order valence-corrected chi connectivity index (χ1v) is 6.01. The number of hydrogen-bond acceptors (Lipinski definition) is 2. The summed E-state index contributed by atoms with van der Waals surface area (Å²) in [5, 5.41) is 15.0. The molecule has 0 bridgehead atoms. The molecule has 0 spiro atoms. The summed E-state index contributed by atoms with van der Waals surface area (Å²) < 4.78 is 5.67. The van der Waals surface area contributed by atoms with Gasteiger partial charge in [-0.1, -0.05) is 48.5 Å². The fourth-order valence-electron chi connectivity index (χ4n) is 2.27. The molecule has 3 rings (SSSR count). The third-order valence-corrected chi connectivity index (χ3v) is 3.05. The second-order valence-corrected chi connectivity index (χ2v) is 4.20. The van der Waals surface area contributed by atoms with Gasteiger partial charge in [-0.2, -0.15) is 0 Å². The van der Waals surface area contributed by atoms with Crippen LogP contribution in [0.4, 0.5) is 0 Å². The van der Waals surface area contributed by atoms with Crippen molar-refractivity contribution < 1.29 is 39.4 Å². The van der Waals surface area contributed by atoms with E-state index >= 15 is 0 Å². The molecule has 3 aromatic carbocycles. The maximum absolute atomic E-state index is 10.7. The van der Waals surface area contributed by atoms with Gasteiger partial charge < -0.3 is 9.84 Å². The van der Waals surface area contributed by atoms with Crippen LogP contribution < -0.4 is 39.4 Å². The molecule has 0 unspecified atom stereocenters. The fraction of sp³-hybridized carbons (Fsp3) is 0.125. The standard InChI is InChI=1S/C16H13O2.Na/c17-9-10-18-16-14-7-3-1-5-12(14)11-13-6-2-4-8-15(13)16;/h1-8,11H,9-10H2;/q-1;+1. The summed E-state index contributed by atoms with van der Waals surface area (Å²) in [5.74, 6) is 0.819. The van der Waals surface area contributed by atoms with E-state index in [1.807, 2.05) is 36.4 Å². The first kappa shape index (κ1) is 14.4. The molecule has 0 fully saturated rings. The van der Waals surface area contributed by atoms with Gasteiger partial charge in [-0.05, 0) is 16.8 Å². The van der Waals surface area contributed by atoms with Crippen molar-refractivity contribution in [3.05, 3.63) is 54.6 Å². The minimum atomic E-state index is -0.225. The number of hydrogen-bond donors (Lipinski definition) is 0. The second kappa shape index (κ2) is 6.40. The van der Waals surface area contributed by atoms with Crippen molar-refractivity contribution in [1.82, 2.24) is 0 Å². The molecule has 90 valence electrons. The van der Waals surface area contributed by atoms with Crippen molar-refractivity contribution in [2.75, 3.05) is 13.2 Å². The molecule has 0 heterocycles. The number of ether oxygens (including phenoxy) is 1. The topological polar surface area (TPSA) is 32.3 Å². The SMILES string of the molecule is [Na+].[O-]CCOc1c2ccccc2cc2ccccc12. The Morgan fingerprint density at radius 2 is 1.37 bits per heavy atom. The van der Waals surface area contributed by atoms with Crippen LogP contribution in [0.25, 0.3) is 21.5 Å². The van der Waals surface area contributed by atoms with Gasteiger partial charge in [0.2, 0.25) is 0 Å². The van der Waals surface area contributed by atoms with E-state index in [4.69, 9.17) is 4.74 Å². The predicted molar refractivity (Wildman–Crippen MR) is 71.8 cm³/mol. The molecule has 3 heteroatoms. The van der Waals surface area contributed by atoms with Gasteiger partial charge in [0.1, 0.15) is 5.75 Å². The van der Waals surface area contributed by atoms with Crippen LogP contribution in [-0.4, -0.2) is 13.2 Å². The van der Waals surface area contributed by atoms with Crippen molar-refractivity contribution in [2.45, 2.75) is 0 Å². The maximum Gasteiger partial charge on any atom is 1.00 e. The van der Waals surface area contributed by atoms with Crippen LogP contribution >= 0.6 is 0 Å². The Morgan fingerprint density at radius 3 is 1.89 bits per heavy atom. The Kier molecular flexibility index (Phi) is 4.83. The molecule has 0 aromatic heterocycles. The molecule has 0 aliphatic rings. The molecular weight excluding hydrogens is 247 g/mol. The van der Waals surface area contributed by atoms with E-state index in [1.165, 1.54) is 0 Å². The van der Waals surface area contributed by atoms with E-state index in [9.17, 15) is 5.11 Å². The van der Waals surface area contributed by atoms with Crippen molar-refractivity contribution in [3.63, 3.8) is 0 Å². The van der Waals surface area contributed by atoms with Crippen molar-refractivity contribution in [2.24, 2.45) is 0 Å². The Hall–Kier alpha value is -1.06. The van der Waals surface area contributed by atoms with Crippen LogP contribution in [0, 0.1) is 0 Å². The average Bonchev–Trinajstić information content (AvgIpc) is 2.43. The molecule has 0 saturated heterocycles. The molecule has 2 nitrogen and oxygen atoms in total. The molecule has 0 saturated carbocycles. The fourth-order valence-corrected chi connectivity index (χ4v) is 2.27. The van der Waals surface area contributed by atoms with Gasteiger partial charge in [0.25, 0.3) is 0 Å². The zero-order chi connectivity index (χ0) is 12.4. The first-order chi connectivity index (χ1) is 8.90. The molecule has 0 aliphatic carbocycles. The van der Waals surface area contributed by atoms with E-state index in [2.05, 4.69) is 18.2 Å². The molecule has 0 radical (unpaired) electrons. The predicted octanol–water partition coefficient (Wildman–Crippen LogP) is -0.264. The summed E-state index contributed by atoms with van der Waals surface area (Å²) in [6, 6.07) is 18.3. The van der Waals surface area contributed by atoms with E-state index in [0.717, 1.165) is 27.3 Å². The summed E-state index contributed by atoms with van der Waals surface area (Å²) in [4.78, 5) is 0. The normalized spacial score (nSPS) is 10.4. The zero-order valence-electron chi connectivity index (χ0n) is 10.9. The van der Waals surface area contributed by atoms with E-state index in [1.54, 1.807) is 0 Å². The molecule has 0 amide bonds. The Labute approximate surface area is 134 Å². The number of rotatable bonds is 3. The van der Waals surface area contributed by atoms with E-state index in [0.29, 0.717) is 0 Å². The van der Waals surface area contributed by atoms with Crippen LogP contribution in [0.2, 0.25) is 0 Å². The van der Waals surface area contributed by atoms with Gasteiger partial charge in [-0.3, -0.25) is 0 Å². The summed E-state index contributed by atoms with van der Waals surface area (Å²) in [6.07, 6.45) is 0. The van der Waals surface area contributed by atoms with Crippen LogP contribution in [0.15, 0.2) is 54.6 Å². The third kappa shape index (κ3) is 2.77. The van der Waals surface area contributed by atoms with Crippen LogP contribution in [-0.2, 0) is 0 Å². The summed E-state index contributed by atoms with van der Waals surface area (Å²) >= 11 is 0. The van der Waals surface area contributed by atoms with Crippen LogP contribution in [0.3, 0.4) is 0 Å². The first-order valence-electron chi connectivity index (χ1n) is 6.01. The van der Waals surface area contributed by atoms with Gasteiger partial charge in [0.05, 0.1) is 6.61 Å². The largest absolute Gasteiger partial charge is 1.00 e. The minimum absolute atomic E-state index is 0. The van der Waals surface area contributed by atoms with Crippen molar-refractivity contribution in [3.8, 4) is 5.75 Å². The minimum Gasteiger partial charge on any atom is -0.852 e. The number of fused-ring (bicyclic) bond motifs is 2. The molecule has 3 aromatic rings. The summed E-state index contributed by atoms with van der Waals surface area (Å²) in [6.45, 7) is -0.0183. The maximum atomic E-state index is 10.7. The van der Waals surface area contributed by atoms with Crippen LogP contribution in [0.1, 0.15) is 0 Å². The van der Waals surface area contributed by atoms with Gasteiger partial charge in [0, 0.05) is 10.8 Å². The molecule has 19 heavy (non-hydrogen) atoms. The molecular formula is C16H13NaO2. The van der Waals surface area contributed by atoms with Gasteiger partial charge in [0.15, 0.2) is 0 Å². The van der Waals surface area contributed by atoms with Crippen LogP contribution in [0.5, 0.6) is 5.75 Å². The number of benzene rings is 3. The molecule has 0 atom stereocenters. The zero-order valence-corrected chi connectivity index (χ0v) is 12.9.